The van der Waals surface area contributed by atoms with Crippen LogP contribution in [0.2, 0.25) is 0 Å². The molecule has 5 heteroatoms. The van der Waals surface area contributed by atoms with Gasteiger partial charge in [0.25, 0.3) is 0 Å². The van der Waals surface area contributed by atoms with Crippen LogP contribution in [0.15, 0.2) is 11.6 Å². The summed E-state index contributed by atoms with van der Waals surface area (Å²) in [6, 6.07) is 0.643. The molecule has 1 fully saturated rings. The van der Waals surface area contributed by atoms with Crippen molar-refractivity contribution in [2.45, 2.75) is 38.8 Å². The van der Waals surface area contributed by atoms with Crippen molar-refractivity contribution in [1.29, 1.82) is 0 Å². The summed E-state index contributed by atoms with van der Waals surface area (Å²) >= 11 is 1.62. The molecule has 0 amide bonds. The van der Waals surface area contributed by atoms with Gasteiger partial charge in [-0.2, -0.15) is 0 Å². The molecule has 0 aliphatic heterocycles. The summed E-state index contributed by atoms with van der Waals surface area (Å²) in [4.78, 5) is 8.02. The van der Waals surface area contributed by atoms with Gasteiger partial charge < -0.3 is 10.0 Å². The summed E-state index contributed by atoms with van der Waals surface area (Å²) in [6.45, 7) is 3.27. The molecule has 0 unspecified atom stereocenters. The van der Waals surface area contributed by atoms with Crippen LogP contribution in [-0.2, 0) is 6.61 Å². The van der Waals surface area contributed by atoms with Crippen molar-refractivity contribution in [2.75, 3.05) is 11.4 Å². The summed E-state index contributed by atoms with van der Waals surface area (Å²) in [5.74, 6) is 0.990. The summed E-state index contributed by atoms with van der Waals surface area (Å²) in [5.41, 5.74) is 0.932. The fourth-order valence-corrected chi connectivity index (χ4v) is 3.01. The standard InChI is InChI=1S/C12H17N3OS/c1-2-5-14(9-3-4-9)11-10(8-16)15-6-7-17-12(15)13-11/h6-7,9,16H,2-5,8H2,1H3. The lowest BCUT2D eigenvalue weighted by Gasteiger charge is -2.22. The lowest BCUT2D eigenvalue weighted by Crippen LogP contribution is -2.27. The Morgan fingerprint density at radius 3 is 3.06 bits per heavy atom. The Bertz CT molecular complexity index is 515. The molecule has 1 N–H and O–H groups in total. The molecular weight excluding hydrogens is 234 g/mol. The molecule has 0 bridgehead atoms. The SMILES string of the molecule is CCCN(c1nc2sccn2c1CO)C1CC1. The number of hydrogen-bond acceptors (Lipinski definition) is 4. The molecule has 1 aliphatic rings. The molecule has 92 valence electrons. The maximum absolute atomic E-state index is 9.56. The molecule has 0 saturated heterocycles. The Kier molecular flexibility index (Phi) is 2.80. The summed E-state index contributed by atoms with van der Waals surface area (Å²) < 4.78 is 2.00. The van der Waals surface area contributed by atoms with Gasteiger partial charge in [-0.3, -0.25) is 4.40 Å². The van der Waals surface area contributed by atoms with E-state index in [-0.39, 0.29) is 6.61 Å². The van der Waals surface area contributed by atoms with E-state index in [4.69, 9.17) is 0 Å². The Labute approximate surface area is 105 Å². The van der Waals surface area contributed by atoms with Crippen molar-refractivity contribution < 1.29 is 5.11 Å². The quantitative estimate of drug-likeness (QED) is 0.886. The summed E-state index contributed by atoms with van der Waals surface area (Å²) in [6.07, 6.45) is 5.62. The molecule has 1 aliphatic carbocycles. The van der Waals surface area contributed by atoms with Gasteiger partial charge in [0.05, 0.1) is 12.3 Å². The third-order valence-electron chi connectivity index (χ3n) is 3.21. The van der Waals surface area contributed by atoms with Gasteiger partial charge in [0.2, 0.25) is 0 Å². The van der Waals surface area contributed by atoms with E-state index < -0.39 is 0 Å². The van der Waals surface area contributed by atoms with Gasteiger partial charge in [0.15, 0.2) is 10.8 Å². The van der Waals surface area contributed by atoms with Gasteiger partial charge in [-0.25, -0.2) is 4.98 Å². The second kappa shape index (κ2) is 4.31. The predicted octanol–water partition coefficient (Wildman–Crippen LogP) is 2.27. The largest absolute Gasteiger partial charge is 0.390 e. The van der Waals surface area contributed by atoms with Crippen molar-refractivity contribution in [3.8, 4) is 0 Å². The molecule has 2 heterocycles. The maximum Gasteiger partial charge on any atom is 0.195 e. The Balaban J connectivity index is 2.04. The van der Waals surface area contributed by atoms with Crippen LogP contribution >= 0.6 is 11.3 Å². The first kappa shape index (κ1) is 11.0. The summed E-state index contributed by atoms with van der Waals surface area (Å²) in [7, 11) is 0. The first-order valence-electron chi connectivity index (χ1n) is 6.17. The molecule has 3 rings (SSSR count). The van der Waals surface area contributed by atoms with E-state index in [0.29, 0.717) is 6.04 Å². The van der Waals surface area contributed by atoms with Crippen LogP contribution in [-0.4, -0.2) is 27.1 Å². The molecule has 2 aromatic rings. The van der Waals surface area contributed by atoms with Crippen LogP contribution in [0.3, 0.4) is 0 Å². The second-order valence-electron chi connectivity index (χ2n) is 4.52. The molecule has 2 aromatic heterocycles. The van der Waals surface area contributed by atoms with E-state index in [1.807, 2.05) is 16.0 Å². The topological polar surface area (TPSA) is 40.8 Å². The van der Waals surface area contributed by atoms with Crippen LogP contribution in [0.5, 0.6) is 0 Å². The first-order valence-corrected chi connectivity index (χ1v) is 7.05. The zero-order valence-electron chi connectivity index (χ0n) is 9.96. The highest BCUT2D eigenvalue weighted by Crippen LogP contribution is 2.34. The Morgan fingerprint density at radius 1 is 1.59 bits per heavy atom. The number of fused-ring (bicyclic) bond motifs is 1. The number of nitrogens with zero attached hydrogens (tertiary/aromatic N) is 3. The van der Waals surface area contributed by atoms with Crippen LogP contribution in [0.4, 0.5) is 5.82 Å². The Morgan fingerprint density at radius 2 is 2.41 bits per heavy atom. The van der Waals surface area contributed by atoms with Crippen molar-refractivity contribution in [3.05, 3.63) is 17.3 Å². The third kappa shape index (κ3) is 1.83. The maximum atomic E-state index is 9.56. The molecule has 1 saturated carbocycles. The van der Waals surface area contributed by atoms with Gasteiger partial charge in [-0.05, 0) is 19.3 Å². The first-order chi connectivity index (χ1) is 8.35. The van der Waals surface area contributed by atoms with Crippen LogP contribution in [0.25, 0.3) is 4.96 Å². The molecule has 0 atom stereocenters. The fraction of sp³-hybridized carbons (Fsp3) is 0.583. The van der Waals surface area contributed by atoms with Gasteiger partial charge in [-0.1, -0.05) is 6.92 Å². The molecule has 0 spiro atoms. The minimum Gasteiger partial charge on any atom is -0.390 e. The highest BCUT2D eigenvalue weighted by molar-refractivity contribution is 7.15. The van der Waals surface area contributed by atoms with E-state index in [9.17, 15) is 5.11 Å². The predicted molar refractivity (Wildman–Crippen MR) is 69.7 cm³/mol. The zero-order valence-corrected chi connectivity index (χ0v) is 10.8. The fourth-order valence-electron chi connectivity index (χ4n) is 2.29. The minimum absolute atomic E-state index is 0.0557. The normalized spacial score (nSPS) is 15.6. The number of rotatable bonds is 5. The average Bonchev–Trinajstić information content (AvgIpc) is 2.96. The van der Waals surface area contributed by atoms with E-state index >= 15 is 0 Å². The minimum atomic E-state index is 0.0557. The number of aliphatic hydroxyl groups is 1. The number of aliphatic hydroxyl groups excluding tert-OH is 1. The van der Waals surface area contributed by atoms with E-state index in [2.05, 4.69) is 16.8 Å². The number of imidazole rings is 1. The van der Waals surface area contributed by atoms with Crippen LogP contribution < -0.4 is 4.90 Å². The molecule has 17 heavy (non-hydrogen) atoms. The van der Waals surface area contributed by atoms with Crippen molar-refractivity contribution >= 4 is 22.1 Å². The Hall–Kier alpha value is -1.07. The monoisotopic (exact) mass is 251 g/mol. The number of anilines is 1. The number of hydrogen-bond donors (Lipinski definition) is 1. The highest BCUT2D eigenvalue weighted by atomic mass is 32.1. The third-order valence-corrected chi connectivity index (χ3v) is 3.97. The lowest BCUT2D eigenvalue weighted by molar-refractivity contribution is 0.276. The smallest absolute Gasteiger partial charge is 0.195 e. The molecule has 4 nitrogen and oxygen atoms in total. The van der Waals surface area contributed by atoms with Crippen LogP contribution in [0, 0.1) is 0 Å². The zero-order chi connectivity index (χ0) is 11.8. The van der Waals surface area contributed by atoms with Gasteiger partial charge >= 0.3 is 0 Å². The van der Waals surface area contributed by atoms with E-state index in [1.54, 1.807) is 11.3 Å². The van der Waals surface area contributed by atoms with Gasteiger partial charge in [0.1, 0.15) is 0 Å². The average molecular weight is 251 g/mol. The number of thiazole rings is 1. The highest BCUT2D eigenvalue weighted by Gasteiger charge is 2.32. The molecular formula is C12H17N3OS. The van der Waals surface area contributed by atoms with Crippen molar-refractivity contribution in [2.24, 2.45) is 0 Å². The summed E-state index contributed by atoms with van der Waals surface area (Å²) in [5, 5.41) is 11.6. The van der Waals surface area contributed by atoms with E-state index in [1.165, 1.54) is 12.8 Å². The molecule has 0 aromatic carbocycles. The second-order valence-corrected chi connectivity index (χ2v) is 5.39. The van der Waals surface area contributed by atoms with Crippen LogP contribution in [0.1, 0.15) is 31.9 Å². The molecule has 0 radical (unpaired) electrons. The number of aromatic nitrogens is 2. The lowest BCUT2D eigenvalue weighted by atomic mass is 10.3. The van der Waals surface area contributed by atoms with Gasteiger partial charge in [0, 0.05) is 24.2 Å². The van der Waals surface area contributed by atoms with Crippen molar-refractivity contribution in [3.63, 3.8) is 0 Å². The van der Waals surface area contributed by atoms with Gasteiger partial charge in [-0.15, -0.1) is 11.3 Å². The van der Waals surface area contributed by atoms with Crippen molar-refractivity contribution in [1.82, 2.24) is 9.38 Å². The van der Waals surface area contributed by atoms with E-state index in [0.717, 1.165) is 29.4 Å².